The van der Waals surface area contributed by atoms with Gasteiger partial charge >= 0.3 is 0 Å². The lowest BCUT2D eigenvalue weighted by Crippen LogP contribution is -2.25. The van der Waals surface area contributed by atoms with Crippen LogP contribution in [0.1, 0.15) is 18.1 Å². The molecule has 0 saturated heterocycles. The first-order chi connectivity index (χ1) is 9.12. The van der Waals surface area contributed by atoms with E-state index in [-0.39, 0.29) is 0 Å². The maximum absolute atomic E-state index is 12.0. The average molecular weight is 279 g/mol. The fourth-order valence-electron chi connectivity index (χ4n) is 1.75. The predicted octanol–water partition coefficient (Wildman–Crippen LogP) is 2.36. The van der Waals surface area contributed by atoms with Crippen molar-refractivity contribution in [3.63, 3.8) is 0 Å². The van der Waals surface area contributed by atoms with Crippen molar-refractivity contribution in [2.45, 2.75) is 24.7 Å². The maximum atomic E-state index is 12.0. The van der Waals surface area contributed by atoms with E-state index in [1.807, 2.05) is 25.1 Å². The molecule has 1 aromatic heterocycles. The standard InChI is InChI=1S/C14H17NO3S/c1-2-12-3-5-14(6-4-12)19(16,17)15-9-7-13-8-10-18-11-13/h3-6,8,10-11,15H,2,7,9H2,1H3. The minimum Gasteiger partial charge on any atom is -0.472 e. The van der Waals surface area contributed by atoms with Gasteiger partial charge in [-0.25, -0.2) is 13.1 Å². The number of furan rings is 1. The molecule has 102 valence electrons. The first-order valence-corrected chi connectivity index (χ1v) is 7.70. The normalized spacial score (nSPS) is 11.6. The molecular formula is C14H17NO3S. The van der Waals surface area contributed by atoms with Gasteiger partial charge in [-0.2, -0.15) is 0 Å². The van der Waals surface area contributed by atoms with E-state index in [9.17, 15) is 8.42 Å². The van der Waals surface area contributed by atoms with Crippen LogP contribution in [0, 0.1) is 0 Å². The lowest BCUT2D eigenvalue weighted by atomic mass is 10.2. The van der Waals surface area contributed by atoms with Crippen LogP contribution in [0.5, 0.6) is 0 Å². The van der Waals surface area contributed by atoms with Crippen LogP contribution in [-0.2, 0) is 22.9 Å². The molecule has 0 fully saturated rings. The van der Waals surface area contributed by atoms with E-state index in [4.69, 9.17) is 4.42 Å². The summed E-state index contributed by atoms with van der Waals surface area (Å²) in [7, 11) is -3.42. The van der Waals surface area contributed by atoms with Crippen LogP contribution in [0.2, 0.25) is 0 Å². The highest BCUT2D eigenvalue weighted by molar-refractivity contribution is 7.89. The zero-order chi connectivity index (χ0) is 13.7. The fourth-order valence-corrected chi connectivity index (χ4v) is 2.78. The van der Waals surface area contributed by atoms with E-state index in [1.54, 1.807) is 24.7 Å². The summed E-state index contributed by atoms with van der Waals surface area (Å²) >= 11 is 0. The summed E-state index contributed by atoms with van der Waals surface area (Å²) < 4.78 is 31.6. The number of nitrogens with one attached hydrogen (secondary N) is 1. The second-order valence-electron chi connectivity index (χ2n) is 4.28. The molecule has 0 amide bonds. The topological polar surface area (TPSA) is 59.3 Å². The summed E-state index contributed by atoms with van der Waals surface area (Å²) in [6.45, 7) is 2.39. The number of rotatable bonds is 6. The quantitative estimate of drug-likeness (QED) is 0.883. The number of hydrogen-bond acceptors (Lipinski definition) is 3. The van der Waals surface area contributed by atoms with Gasteiger partial charge in [0.05, 0.1) is 17.4 Å². The van der Waals surface area contributed by atoms with Crippen molar-refractivity contribution in [3.05, 3.63) is 54.0 Å². The predicted molar refractivity (Wildman–Crippen MR) is 73.4 cm³/mol. The molecule has 0 aliphatic carbocycles. The minimum absolute atomic E-state index is 0.303. The Bertz CT molecular complexity index is 601. The highest BCUT2D eigenvalue weighted by Crippen LogP contribution is 2.11. The number of hydrogen-bond donors (Lipinski definition) is 1. The molecule has 0 bridgehead atoms. The summed E-state index contributed by atoms with van der Waals surface area (Å²) in [5.74, 6) is 0. The molecule has 4 nitrogen and oxygen atoms in total. The van der Waals surface area contributed by atoms with E-state index < -0.39 is 10.0 Å². The van der Waals surface area contributed by atoms with E-state index in [1.165, 1.54) is 0 Å². The summed E-state index contributed by atoms with van der Waals surface area (Å²) in [5, 5.41) is 0. The molecule has 1 aromatic carbocycles. The molecule has 1 heterocycles. The van der Waals surface area contributed by atoms with E-state index in [0.717, 1.165) is 17.5 Å². The first-order valence-electron chi connectivity index (χ1n) is 6.21. The highest BCUT2D eigenvalue weighted by Gasteiger charge is 2.12. The zero-order valence-corrected chi connectivity index (χ0v) is 11.6. The Labute approximate surface area is 113 Å². The Balaban J connectivity index is 1.97. The molecule has 0 radical (unpaired) electrons. The number of sulfonamides is 1. The monoisotopic (exact) mass is 279 g/mol. The summed E-state index contributed by atoms with van der Waals surface area (Å²) in [6.07, 6.45) is 4.70. The molecular weight excluding hydrogens is 262 g/mol. The van der Waals surface area contributed by atoms with Gasteiger partial charge in [0.2, 0.25) is 10.0 Å². The molecule has 1 N–H and O–H groups in total. The lowest BCUT2D eigenvalue weighted by Gasteiger charge is -2.06. The van der Waals surface area contributed by atoms with E-state index >= 15 is 0 Å². The molecule has 19 heavy (non-hydrogen) atoms. The van der Waals surface area contributed by atoms with Crippen molar-refractivity contribution in [3.8, 4) is 0 Å². The molecule has 0 atom stereocenters. The third kappa shape index (κ3) is 3.68. The summed E-state index contributed by atoms with van der Waals surface area (Å²) in [4.78, 5) is 0.303. The largest absolute Gasteiger partial charge is 0.472 e. The Kier molecular flexibility index (Phi) is 4.39. The molecule has 0 spiro atoms. The second-order valence-corrected chi connectivity index (χ2v) is 6.04. The van der Waals surface area contributed by atoms with Gasteiger partial charge in [0, 0.05) is 6.54 Å². The molecule has 0 saturated carbocycles. The molecule has 0 aliphatic heterocycles. The Morgan fingerprint density at radius 3 is 2.42 bits per heavy atom. The SMILES string of the molecule is CCc1ccc(S(=O)(=O)NCCc2ccoc2)cc1. The van der Waals surface area contributed by atoms with Gasteiger partial charge in [-0.3, -0.25) is 0 Å². The number of aryl methyl sites for hydroxylation is 1. The molecule has 5 heteroatoms. The van der Waals surface area contributed by atoms with E-state index in [2.05, 4.69) is 4.72 Å². The van der Waals surface area contributed by atoms with Gasteiger partial charge in [-0.05, 0) is 42.2 Å². The highest BCUT2D eigenvalue weighted by atomic mass is 32.2. The van der Waals surface area contributed by atoms with Crippen molar-refractivity contribution in [1.82, 2.24) is 4.72 Å². The van der Waals surface area contributed by atoms with Gasteiger partial charge in [-0.15, -0.1) is 0 Å². The van der Waals surface area contributed by atoms with Crippen LogP contribution in [0.4, 0.5) is 0 Å². The Morgan fingerprint density at radius 1 is 1.11 bits per heavy atom. The van der Waals surface area contributed by atoms with Crippen molar-refractivity contribution in [1.29, 1.82) is 0 Å². The first kappa shape index (κ1) is 13.8. The van der Waals surface area contributed by atoms with Crippen molar-refractivity contribution in [2.24, 2.45) is 0 Å². The summed E-state index contributed by atoms with van der Waals surface area (Å²) in [5.41, 5.74) is 2.10. The maximum Gasteiger partial charge on any atom is 0.240 e. The minimum atomic E-state index is -3.42. The van der Waals surface area contributed by atoms with Crippen LogP contribution in [0.3, 0.4) is 0 Å². The van der Waals surface area contributed by atoms with Crippen LogP contribution in [0.15, 0.2) is 52.2 Å². The lowest BCUT2D eigenvalue weighted by molar-refractivity contribution is 0.562. The van der Waals surface area contributed by atoms with Crippen LogP contribution in [-0.4, -0.2) is 15.0 Å². The molecule has 2 rings (SSSR count). The third-order valence-corrected chi connectivity index (χ3v) is 4.40. The van der Waals surface area contributed by atoms with Gasteiger partial charge in [0.25, 0.3) is 0 Å². The summed E-state index contributed by atoms with van der Waals surface area (Å²) in [6, 6.07) is 8.78. The van der Waals surface area contributed by atoms with Crippen LogP contribution in [0.25, 0.3) is 0 Å². The van der Waals surface area contributed by atoms with Crippen LogP contribution >= 0.6 is 0 Å². The van der Waals surface area contributed by atoms with Crippen molar-refractivity contribution < 1.29 is 12.8 Å². The second kappa shape index (κ2) is 6.04. The average Bonchev–Trinajstić information content (AvgIpc) is 2.92. The van der Waals surface area contributed by atoms with Crippen LogP contribution < -0.4 is 4.72 Å². The van der Waals surface area contributed by atoms with Gasteiger partial charge in [0.1, 0.15) is 0 Å². The van der Waals surface area contributed by atoms with Gasteiger partial charge in [0.15, 0.2) is 0 Å². The zero-order valence-electron chi connectivity index (χ0n) is 10.8. The van der Waals surface area contributed by atoms with E-state index in [0.29, 0.717) is 17.9 Å². The molecule has 0 unspecified atom stereocenters. The third-order valence-electron chi connectivity index (χ3n) is 2.93. The Morgan fingerprint density at radius 2 is 1.84 bits per heavy atom. The molecule has 0 aliphatic rings. The van der Waals surface area contributed by atoms with Crippen molar-refractivity contribution in [2.75, 3.05) is 6.54 Å². The van der Waals surface area contributed by atoms with Gasteiger partial charge in [-0.1, -0.05) is 19.1 Å². The number of benzene rings is 1. The Hall–Kier alpha value is -1.59. The van der Waals surface area contributed by atoms with Gasteiger partial charge < -0.3 is 4.42 Å². The molecule has 2 aromatic rings. The fraction of sp³-hybridized carbons (Fsp3) is 0.286. The van der Waals surface area contributed by atoms with Crippen molar-refractivity contribution >= 4 is 10.0 Å². The smallest absolute Gasteiger partial charge is 0.240 e.